The molecule has 8 nitrogen and oxygen atoms in total. The summed E-state index contributed by atoms with van der Waals surface area (Å²) in [6, 6.07) is -0.458. The SMILES string of the molecule is CC(NC(=O)N1CCC(C(=O)O)CC1)c1ncn[nH]1. The summed E-state index contributed by atoms with van der Waals surface area (Å²) in [5.74, 6) is -0.528. The van der Waals surface area contributed by atoms with E-state index in [-0.39, 0.29) is 18.0 Å². The maximum Gasteiger partial charge on any atom is 0.317 e. The van der Waals surface area contributed by atoms with Crippen molar-refractivity contribution in [2.45, 2.75) is 25.8 Å². The molecule has 2 rings (SSSR count). The fourth-order valence-corrected chi connectivity index (χ4v) is 2.10. The topological polar surface area (TPSA) is 111 Å². The molecule has 1 unspecified atom stereocenters. The molecule has 0 spiro atoms. The zero-order valence-corrected chi connectivity index (χ0v) is 10.7. The van der Waals surface area contributed by atoms with Gasteiger partial charge in [0.15, 0.2) is 0 Å². The van der Waals surface area contributed by atoms with Crippen molar-refractivity contribution in [1.29, 1.82) is 0 Å². The molecule has 0 radical (unpaired) electrons. The highest BCUT2D eigenvalue weighted by molar-refractivity contribution is 5.75. The number of carboxylic acid groups (broad SMARTS) is 1. The predicted molar refractivity (Wildman–Crippen MR) is 65.3 cm³/mol. The molecule has 0 aromatic carbocycles. The van der Waals surface area contributed by atoms with Gasteiger partial charge in [0.05, 0.1) is 12.0 Å². The number of rotatable bonds is 3. The lowest BCUT2D eigenvalue weighted by atomic mass is 9.97. The summed E-state index contributed by atoms with van der Waals surface area (Å²) in [7, 11) is 0. The van der Waals surface area contributed by atoms with Crippen LogP contribution in [-0.2, 0) is 4.79 Å². The van der Waals surface area contributed by atoms with E-state index < -0.39 is 5.97 Å². The van der Waals surface area contributed by atoms with E-state index in [4.69, 9.17) is 5.11 Å². The molecular weight excluding hydrogens is 250 g/mol. The lowest BCUT2D eigenvalue weighted by molar-refractivity contribution is -0.143. The fraction of sp³-hybridized carbons (Fsp3) is 0.636. The zero-order valence-electron chi connectivity index (χ0n) is 10.7. The number of piperidine rings is 1. The summed E-state index contributed by atoms with van der Waals surface area (Å²) >= 11 is 0. The largest absolute Gasteiger partial charge is 0.481 e. The highest BCUT2D eigenvalue weighted by atomic mass is 16.4. The van der Waals surface area contributed by atoms with Gasteiger partial charge in [0, 0.05) is 13.1 Å². The average molecular weight is 267 g/mol. The van der Waals surface area contributed by atoms with E-state index in [0.717, 1.165) is 0 Å². The van der Waals surface area contributed by atoms with Gasteiger partial charge in [-0.3, -0.25) is 9.89 Å². The van der Waals surface area contributed by atoms with E-state index in [1.807, 2.05) is 6.92 Å². The smallest absolute Gasteiger partial charge is 0.317 e. The summed E-state index contributed by atoms with van der Waals surface area (Å²) in [5.41, 5.74) is 0. The van der Waals surface area contributed by atoms with Crippen molar-refractivity contribution in [3.63, 3.8) is 0 Å². The molecule has 8 heteroatoms. The van der Waals surface area contributed by atoms with Crippen molar-refractivity contribution in [1.82, 2.24) is 25.4 Å². The predicted octanol–water partition coefficient (Wildman–Crippen LogP) is 0.372. The first kappa shape index (κ1) is 13.3. The van der Waals surface area contributed by atoms with Crippen molar-refractivity contribution in [2.24, 2.45) is 5.92 Å². The summed E-state index contributed by atoms with van der Waals surface area (Å²) in [4.78, 5) is 28.4. The Morgan fingerprint density at radius 2 is 2.21 bits per heavy atom. The van der Waals surface area contributed by atoms with Crippen LogP contribution in [0.15, 0.2) is 6.33 Å². The van der Waals surface area contributed by atoms with Gasteiger partial charge < -0.3 is 15.3 Å². The first-order valence-electron chi connectivity index (χ1n) is 6.21. The van der Waals surface area contributed by atoms with E-state index in [9.17, 15) is 9.59 Å². The molecule has 3 N–H and O–H groups in total. The van der Waals surface area contributed by atoms with Gasteiger partial charge in [0.1, 0.15) is 12.2 Å². The monoisotopic (exact) mass is 267 g/mol. The van der Waals surface area contributed by atoms with Crippen LogP contribution >= 0.6 is 0 Å². The number of H-pyrrole nitrogens is 1. The molecule has 1 saturated heterocycles. The minimum Gasteiger partial charge on any atom is -0.481 e. The van der Waals surface area contributed by atoms with Gasteiger partial charge in [-0.1, -0.05) is 0 Å². The minimum atomic E-state index is -0.782. The second-order valence-corrected chi connectivity index (χ2v) is 4.64. The summed E-state index contributed by atoms with van der Waals surface area (Å²) in [5, 5.41) is 18.1. The molecule has 2 heterocycles. The molecular formula is C11H17N5O3. The van der Waals surface area contributed by atoms with Crippen LogP contribution in [0.4, 0.5) is 4.79 Å². The molecule has 1 fully saturated rings. The number of nitrogens with one attached hydrogen (secondary N) is 2. The second kappa shape index (κ2) is 5.68. The summed E-state index contributed by atoms with van der Waals surface area (Å²) < 4.78 is 0. The van der Waals surface area contributed by atoms with Crippen LogP contribution in [-0.4, -0.2) is 50.3 Å². The Kier molecular flexibility index (Phi) is 3.98. The van der Waals surface area contributed by atoms with Crippen LogP contribution in [0.25, 0.3) is 0 Å². The van der Waals surface area contributed by atoms with Crippen LogP contribution in [0.5, 0.6) is 0 Å². The average Bonchev–Trinajstić information content (AvgIpc) is 2.92. The molecule has 2 amide bonds. The van der Waals surface area contributed by atoms with Crippen molar-refractivity contribution < 1.29 is 14.7 Å². The van der Waals surface area contributed by atoms with E-state index in [2.05, 4.69) is 20.5 Å². The molecule has 1 aliphatic heterocycles. The molecule has 1 aromatic rings. The normalized spacial score (nSPS) is 18.1. The Morgan fingerprint density at radius 3 is 2.74 bits per heavy atom. The number of likely N-dealkylation sites (tertiary alicyclic amines) is 1. The Balaban J connectivity index is 1.83. The van der Waals surface area contributed by atoms with E-state index >= 15 is 0 Å². The highest BCUT2D eigenvalue weighted by Crippen LogP contribution is 2.17. The number of aliphatic carboxylic acids is 1. The number of nitrogens with zero attached hydrogens (tertiary/aromatic N) is 3. The van der Waals surface area contributed by atoms with Crippen LogP contribution in [0.2, 0.25) is 0 Å². The maximum atomic E-state index is 12.0. The Bertz CT molecular complexity index is 439. The van der Waals surface area contributed by atoms with Crippen molar-refractivity contribution >= 4 is 12.0 Å². The molecule has 1 aliphatic rings. The second-order valence-electron chi connectivity index (χ2n) is 4.64. The standard InChI is InChI=1S/C11H17N5O3/c1-7(9-12-6-13-15-9)14-11(19)16-4-2-8(3-5-16)10(17)18/h6-8H,2-5H2,1H3,(H,14,19)(H,17,18)(H,12,13,15). The van der Waals surface area contributed by atoms with Gasteiger partial charge in [0.2, 0.25) is 0 Å². The highest BCUT2D eigenvalue weighted by Gasteiger charge is 2.27. The number of urea groups is 1. The molecule has 104 valence electrons. The summed E-state index contributed by atoms with van der Waals surface area (Å²) in [6.45, 7) is 2.74. The first-order chi connectivity index (χ1) is 9.08. The van der Waals surface area contributed by atoms with Gasteiger partial charge in [-0.15, -0.1) is 0 Å². The number of hydrogen-bond donors (Lipinski definition) is 3. The number of aromatic nitrogens is 3. The number of amides is 2. The van der Waals surface area contributed by atoms with E-state index in [1.54, 1.807) is 4.90 Å². The third-order valence-electron chi connectivity index (χ3n) is 3.32. The van der Waals surface area contributed by atoms with Gasteiger partial charge in [-0.05, 0) is 19.8 Å². The molecule has 0 bridgehead atoms. The zero-order chi connectivity index (χ0) is 13.8. The molecule has 0 saturated carbocycles. The van der Waals surface area contributed by atoms with Crippen LogP contribution in [0.3, 0.4) is 0 Å². The number of carboxylic acids is 1. The third kappa shape index (κ3) is 3.21. The van der Waals surface area contributed by atoms with Gasteiger partial charge >= 0.3 is 12.0 Å². The van der Waals surface area contributed by atoms with Gasteiger partial charge in [-0.2, -0.15) is 5.10 Å². The third-order valence-corrected chi connectivity index (χ3v) is 3.32. The van der Waals surface area contributed by atoms with E-state index in [1.165, 1.54) is 6.33 Å². The van der Waals surface area contributed by atoms with Crippen molar-refractivity contribution in [3.05, 3.63) is 12.2 Å². The molecule has 19 heavy (non-hydrogen) atoms. The number of carbonyl (C=O) groups is 2. The van der Waals surface area contributed by atoms with Crippen LogP contribution < -0.4 is 5.32 Å². The minimum absolute atomic E-state index is 0.201. The van der Waals surface area contributed by atoms with E-state index in [0.29, 0.717) is 31.8 Å². The quantitative estimate of drug-likeness (QED) is 0.732. The Hall–Kier alpha value is -2.12. The molecule has 1 aromatic heterocycles. The molecule has 1 atom stereocenters. The summed E-state index contributed by atoms with van der Waals surface area (Å²) in [6.07, 6.45) is 2.38. The Labute approximate surface area is 110 Å². The van der Waals surface area contributed by atoms with Gasteiger partial charge in [-0.25, -0.2) is 9.78 Å². The van der Waals surface area contributed by atoms with Gasteiger partial charge in [0.25, 0.3) is 0 Å². The molecule has 0 aliphatic carbocycles. The maximum absolute atomic E-state index is 12.0. The fourth-order valence-electron chi connectivity index (χ4n) is 2.10. The number of carbonyl (C=O) groups excluding carboxylic acids is 1. The van der Waals surface area contributed by atoms with Crippen LogP contribution in [0.1, 0.15) is 31.6 Å². The van der Waals surface area contributed by atoms with Crippen molar-refractivity contribution in [2.75, 3.05) is 13.1 Å². The number of hydrogen-bond acceptors (Lipinski definition) is 4. The Morgan fingerprint density at radius 1 is 1.53 bits per heavy atom. The lowest BCUT2D eigenvalue weighted by Gasteiger charge is -2.30. The van der Waals surface area contributed by atoms with Crippen LogP contribution in [0, 0.1) is 5.92 Å². The lowest BCUT2D eigenvalue weighted by Crippen LogP contribution is -2.46. The number of aromatic amines is 1. The first-order valence-corrected chi connectivity index (χ1v) is 6.21. The van der Waals surface area contributed by atoms with Crippen molar-refractivity contribution in [3.8, 4) is 0 Å².